The lowest BCUT2D eigenvalue weighted by molar-refractivity contribution is 0.117. The molecule has 0 spiro atoms. The summed E-state index contributed by atoms with van der Waals surface area (Å²) in [5.74, 6) is 0.575. The number of hydrogen-bond donors (Lipinski definition) is 1. The molecule has 1 aromatic heterocycles. The van der Waals surface area contributed by atoms with Gasteiger partial charge in [0.15, 0.2) is 0 Å². The average molecular weight is 283 g/mol. The SMILES string of the molecule is CCCNC(Cc1ccncc1Cl)C1COC(C)C1. The number of rotatable bonds is 6. The highest BCUT2D eigenvalue weighted by Gasteiger charge is 2.29. The van der Waals surface area contributed by atoms with Crippen LogP contribution in [0.15, 0.2) is 18.5 Å². The Bertz CT molecular complexity index is 399. The molecule has 1 saturated heterocycles. The summed E-state index contributed by atoms with van der Waals surface area (Å²) in [4.78, 5) is 4.05. The van der Waals surface area contributed by atoms with Crippen LogP contribution in [0.4, 0.5) is 0 Å². The van der Waals surface area contributed by atoms with Crippen molar-refractivity contribution in [3.05, 3.63) is 29.0 Å². The lowest BCUT2D eigenvalue weighted by atomic mass is 9.91. The van der Waals surface area contributed by atoms with Crippen LogP contribution in [-0.2, 0) is 11.2 Å². The number of ether oxygens (including phenoxy) is 1. The van der Waals surface area contributed by atoms with Crippen LogP contribution in [0.25, 0.3) is 0 Å². The minimum absolute atomic E-state index is 0.379. The molecule has 1 N–H and O–H groups in total. The largest absolute Gasteiger partial charge is 0.378 e. The van der Waals surface area contributed by atoms with Crippen LogP contribution in [0.2, 0.25) is 5.02 Å². The van der Waals surface area contributed by atoms with Gasteiger partial charge in [-0.05, 0) is 44.4 Å². The fourth-order valence-corrected chi connectivity index (χ4v) is 2.87. The minimum atomic E-state index is 0.379. The van der Waals surface area contributed by atoms with Crippen LogP contribution in [0.5, 0.6) is 0 Å². The molecule has 1 aromatic rings. The number of nitrogens with zero attached hydrogens (tertiary/aromatic N) is 1. The summed E-state index contributed by atoms with van der Waals surface area (Å²) >= 11 is 6.22. The number of pyridine rings is 1. The number of hydrogen-bond acceptors (Lipinski definition) is 3. The van der Waals surface area contributed by atoms with Gasteiger partial charge in [-0.2, -0.15) is 0 Å². The highest BCUT2D eigenvalue weighted by Crippen LogP contribution is 2.26. The standard InChI is InChI=1S/C15H23ClN2O/c1-3-5-18-15(13-7-11(2)19-10-13)8-12-4-6-17-9-14(12)16/h4,6,9,11,13,15,18H,3,5,7-8,10H2,1-2H3. The van der Waals surface area contributed by atoms with E-state index in [0.717, 1.165) is 37.4 Å². The van der Waals surface area contributed by atoms with Crippen molar-refractivity contribution in [3.8, 4) is 0 Å². The van der Waals surface area contributed by atoms with Crippen LogP contribution in [0.3, 0.4) is 0 Å². The van der Waals surface area contributed by atoms with Crippen LogP contribution in [-0.4, -0.2) is 30.3 Å². The number of nitrogens with one attached hydrogen (secondary N) is 1. The van der Waals surface area contributed by atoms with Crippen molar-refractivity contribution in [2.45, 2.75) is 45.3 Å². The van der Waals surface area contributed by atoms with Gasteiger partial charge < -0.3 is 10.1 Å². The molecular weight excluding hydrogens is 260 g/mol. The molecule has 0 bridgehead atoms. The first-order valence-electron chi connectivity index (χ1n) is 7.14. The molecule has 2 heterocycles. The molecule has 3 atom stereocenters. The predicted octanol–water partition coefficient (Wildman–Crippen LogP) is 3.07. The molecule has 4 heteroatoms. The van der Waals surface area contributed by atoms with Gasteiger partial charge in [0.25, 0.3) is 0 Å². The van der Waals surface area contributed by atoms with Crippen molar-refractivity contribution in [1.29, 1.82) is 0 Å². The van der Waals surface area contributed by atoms with E-state index in [1.165, 1.54) is 5.56 Å². The maximum absolute atomic E-state index is 6.22. The Labute approximate surface area is 120 Å². The van der Waals surface area contributed by atoms with Crippen molar-refractivity contribution in [1.82, 2.24) is 10.3 Å². The molecule has 106 valence electrons. The molecular formula is C15H23ClN2O. The Kier molecular flexibility index (Phi) is 5.61. The van der Waals surface area contributed by atoms with Crippen LogP contribution < -0.4 is 5.32 Å². The van der Waals surface area contributed by atoms with Gasteiger partial charge >= 0.3 is 0 Å². The van der Waals surface area contributed by atoms with Gasteiger partial charge in [0, 0.05) is 24.4 Å². The van der Waals surface area contributed by atoms with E-state index in [1.54, 1.807) is 6.20 Å². The Morgan fingerprint density at radius 3 is 3.05 bits per heavy atom. The van der Waals surface area contributed by atoms with Gasteiger partial charge in [-0.3, -0.25) is 4.98 Å². The summed E-state index contributed by atoms with van der Waals surface area (Å²) in [6, 6.07) is 2.45. The maximum Gasteiger partial charge on any atom is 0.0621 e. The zero-order valence-electron chi connectivity index (χ0n) is 11.7. The van der Waals surface area contributed by atoms with E-state index >= 15 is 0 Å². The second-order valence-corrected chi connectivity index (χ2v) is 5.78. The van der Waals surface area contributed by atoms with Crippen molar-refractivity contribution >= 4 is 11.6 Å². The van der Waals surface area contributed by atoms with Crippen molar-refractivity contribution in [2.24, 2.45) is 5.92 Å². The summed E-state index contributed by atoms with van der Waals surface area (Å²) in [6.07, 6.45) is 7.13. The van der Waals surface area contributed by atoms with Crippen molar-refractivity contribution < 1.29 is 4.74 Å². The molecule has 0 aliphatic carbocycles. The Morgan fingerprint density at radius 1 is 1.58 bits per heavy atom. The zero-order valence-corrected chi connectivity index (χ0v) is 12.5. The fraction of sp³-hybridized carbons (Fsp3) is 0.667. The van der Waals surface area contributed by atoms with E-state index in [4.69, 9.17) is 16.3 Å². The Morgan fingerprint density at radius 2 is 2.42 bits per heavy atom. The highest BCUT2D eigenvalue weighted by atomic mass is 35.5. The second-order valence-electron chi connectivity index (χ2n) is 5.37. The van der Waals surface area contributed by atoms with Crippen molar-refractivity contribution in [2.75, 3.05) is 13.2 Å². The van der Waals surface area contributed by atoms with E-state index in [-0.39, 0.29) is 0 Å². The molecule has 0 amide bonds. The fourth-order valence-electron chi connectivity index (χ4n) is 2.67. The Hall–Kier alpha value is -0.640. The molecule has 1 aliphatic rings. The van der Waals surface area contributed by atoms with Crippen LogP contribution >= 0.6 is 11.6 Å². The highest BCUT2D eigenvalue weighted by molar-refractivity contribution is 6.31. The first-order valence-corrected chi connectivity index (χ1v) is 7.51. The van der Waals surface area contributed by atoms with Crippen molar-refractivity contribution in [3.63, 3.8) is 0 Å². The third-order valence-corrected chi connectivity index (χ3v) is 4.09. The van der Waals surface area contributed by atoms with Gasteiger partial charge in [-0.15, -0.1) is 0 Å². The molecule has 0 radical (unpaired) electrons. The molecule has 19 heavy (non-hydrogen) atoms. The van der Waals surface area contributed by atoms with Crippen LogP contribution in [0, 0.1) is 5.92 Å². The minimum Gasteiger partial charge on any atom is -0.378 e. The molecule has 1 aliphatic heterocycles. The van der Waals surface area contributed by atoms with Gasteiger partial charge in [0.2, 0.25) is 0 Å². The average Bonchev–Trinajstić information content (AvgIpc) is 2.83. The van der Waals surface area contributed by atoms with Gasteiger partial charge in [0.1, 0.15) is 0 Å². The lowest BCUT2D eigenvalue weighted by Crippen LogP contribution is -2.39. The van der Waals surface area contributed by atoms with E-state index in [0.29, 0.717) is 18.1 Å². The summed E-state index contributed by atoms with van der Waals surface area (Å²) in [5, 5.41) is 4.41. The molecule has 0 aromatic carbocycles. The number of halogens is 1. The van der Waals surface area contributed by atoms with E-state index in [2.05, 4.69) is 24.1 Å². The molecule has 1 fully saturated rings. The maximum atomic E-state index is 6.22. The first kappa shape index (κ1) is 14.8. The summed E-state index contributed by atoms with van der Waals surface area (Å²) < 4.78 is 5.71. The molecule has 2 rings (SSSR count). The quantitative estimate of drug-likeness (QED) is 0.871. The van der Waals surface area contributed by atoms with Crippen LogP contribution in [0.1, 0.15) is 32.3 Å². The van der Waals surface area contributed by atoms with E-state index in [9.17, 15) is 0 Å². The van der Waals surface area contributed by atoms with E-state index in [1.807, 2.05) is 12.3 Å². The molecule has 3 nitrogen and oxygen atoms in total. The summed E-state index contributed by atoms with van der Waals surface area (Å²) in [5.41, 5.74) is 1.17. The van der Waals surface area contributed by atoms with E-state index < -0.39 is 0 Å². The van der Waals surface area contributed by atoms with Gasteiger partial charge in [-0.1, -0.05) is 18.5 Å². The monoisotopic (exact) mass is 282 g/mol. The predicted molar refractivity (Wildman–Crippen MR) is 78.6 cm³/mol. The zero-order chi connectivity index (χ0) is 13.7. The summed E-state index contributed by atoms with van der Waals surface area (Å²) in [6.45, 7) is 6.23. The lowest BCUT2D eigenvalue weighted by Gasteiger charge is -2.24. The molecule has 3 unspecified atom stereocenters. The van der Waals surface area contributed by atoms with Gasteiger partial charge in [-0.25, -0.2) is 0 Å². The Balaban J connectivity index is 2.03. The van der Waals surface area contributed by atoms with Gasteiger partial charge in [0.05, 0.1) is 17.7 Å². The number of aromatic nitrogens is 1. The smallest absolute Gasteiger partial charge is 0.0621 e. The second kappa shape index (κ2) is 7.22. The normalized spacial score (nSPS) is 24.6. The third-order valence-electron chi connectivity index (χ3n) is 3.75. The third kappa shape index (κ3) is 4.16. The summed E-state index contributed by atoms with van der Waals surface area (Å²) in [7, 11) is 0. The molecule has 0 saturated carbocycles. The topological polar surface area (TPSA) is 34.2 Å². The first-order chi connectivity index (χ1) is 9.20.